The van der Waals surface area contributed by atoms with E-state index in [1.807, 2.05) is 36.4 Å². The van der Waals surface area contributed by atoms with E-state index in [4.69, 9.17) is 21.1 Å². The van der Waals surface area contributed by atoms with Crippen LogP contribution in [0.2, 0.25) is 5.02 Å². The number of hydrogen-bond acceptors (Lipinski definition) is 6. The number of aromatic nitrogens is 1. The first-order chi connectivity index (χ1) is 15.1. The van der Waals surface area contributed by atoms with Gasteiger partial charge in [-0.3, -0.25) is 10.2 Å². The first kappa shape index (κ1) is 20.5. The van der Waals surface area contributed by atoms with Gasteiger partial charge in [-0.25, -0.2) is 0 Å². The lowest BCUT2D eigenvalue weighted by atomic mass is 9.93. The zero-order valence-electron chi connectivity index (χ0n) is 17.0. The second-order valence-corrected chi connectivity index (χ2v) is 7.25. The molecule has 0 fully saturated rings. The molecule has 2 aromatic carbocycles. The van der Waals surface area contributed by atoms with Crippen molar-refractivity contribution in [2.24, 2.45) is 5.10 Å². The van der Waals surface area contributed by atoms with Gasteiger partial charge in [0.25, 0.3) is 5.56 Å². The number of pyridine rings is 1. The number of methoxy groups -OCH3 is 2. The largest absolute Gasteiger partial charge is 0.493 e. The van der Waals surface area contributed by atoms with Crippen LogP contribution in [0.25, 0.3) is 11.3 Å². The number of hydrazone groups is 1. The predicted octanol–water partition coefficient (Wildman–Crippen LogP) is 4.06. The van der Waals surface area contributed by atoms with Gasteiger partial charge in [0.2, 0.25) is 0 Å². The van der Waals surface area contributed by atoms with Crippen LogP contribution < -0.4 is 20.5 Å². The molecule has 3 aromatic rings. The zero-order chi connectivity index (χ0) is 22.0. The van der Waals surface area contributed by atoms with E-state index in [9.17, 15) is 10.1 Å². The molecule has 31 heavy (non-hydrogen) atoms. The van der Waals surface area contributed by atoms with Crippen molar-refractivity contribution in [2.75, 3.05) is 19.6 Å². The quantitative estimate of drug-likeness (QED) is 0.483. The van der Waals surface area contributed by atoms with E-state index in [-0.39, 0.29) is 21.7 Å². The van der Waals surface area contributed by atoms with Crippen LogP contribution in [0.4, 0.5) is 5.69 Å². The monoisotopic (exact) mass is 434 g/mol. The van der Waals surface area contributed by atoms with E-state index in [0.29, 0.717) is 30.2 Å². The van der Waals surface area contributed by atoms with E-state index < -0.39 is 0 Å². The highest BCUT2D eigenvalue weighted by atomic mass is 35.5. The van der Waals surface area contributed by atoms with E-state index in [1.54, 1.807) is 17.7 Å². The summed E-state index contributed by atoms with van der Waals surface area (Å²) in [7, 11) is 3.11. The summed E-state index contributed by atoms with van der Waals surface area (Å²) in [6.07, 6.45) is 1.96. The standard InChI is InChI=1S/C23H19ClN4O3/c1-30-19-10-14-8-9-28-22(16(14)11-20(19)31-2)17(12-25)21(24)18(23(28)29)13-26-27-15-6-4-3-5-7-15/h3-7,10-11,13,27H,8-9H2,1-2H3/b26-13+. The van der Waals surface area contributed by atoms with Gasteiger partial charge in [-0.05, 0) is 36.2 Å². The molecule has 0 saturated carbocycles. The number of rotatable bonds is 5. The van der Waals surface area contributed by atoms with Gasteiger partial charge in [0.1, 0.15) is 6.07 Å². The zero-order valence-corrected chi connectivity index (χ0v) is 17.7. The Bertz CT molecular complexity index is 1280. The summed E-state index contributed by atoms with van der Waals surface area (Å²) < 4.78 is 12.4. The lowest BCUT2D eigenvalue weighted by Crippen LogP contribution is -2.30. The van der Waals surface area contributed by atoms with Gasteiger partial charge in [-0.15, -0.1) is 0 Å². The van der Waals surface area contributed by atoms with Gasteiger partial charge in [0.15, 0.2) is 11.5 Å². The first-order valence-corrected chi connectivity index (χ1v) is 9.92. The SMILES string of the molecule is COc1cc2c(cc1OC)-c1c(C#N)c(Cl)c(/C=N/Nc3ccccc3)c(=O)n1CC2. The Morgan fingerprint density at radius 2 is 1.90 bits per heavy atom. The Labute approximate surface area is 184 Å². The van der Waals surface area contributed by atoms with Gasteiger partial charge in [0, 0.05) is 12.1 Å². The molecule has 1 N–H and O–H groups in total. The lowest BCUT2D eigenvalue weighted by molar-refractivity contribution is 0.354. The molecule has 1 aromatic heterocycles. The van der Waals surface area contributed by atoms with Crippen LogP contribution in [-0.4, -0.2) is 25.0 Å². The van der Waals surface area contributed by atoms with Gasteiger partial charge < -0.3 is 14.0 Å². The summed E-state index contributed by atoms with van der Waals surface area (Å²) in [5.74, 6) is 1.11. The highest BCUT2D eigenvalue weighted by Gasteiger charge is 2.27. The molecule has 2 heterocycles. The van der Waals surface area contributed by atoms with Gasteiger partial charge in [-0.1, -0.05) is 29.8 Å². The van der Waals surface area contributed by atoms with E-state index in [0.717, 1.165) is 16.8 Å². The third-order valence-corrected chi connectivity index (χ3v) is 5.57. The van der Waals surface area contributed by atoms with E-state index in [1.165, 1.54) is 13.3 Å². The van der Waals surface area contributed by atoms with Crippen molar-refractivity contribution in [2.45, 2.75) is 13.0 Å². The number of fused-ring (bicyclic) bond motifs is 3. The third-order valence-electron chi connectivity index (χ3n) is 5.18. The van der Waals surface area contributed by atoms with Crippen LogP contribution in [0.3, 0.4) is 0 Å². The summed E-state index contributed by atoms with van der Waals surface area (Å²) in [5.41, 5.74) is 5.86. The summed E-state index contributed by atoms with van der Waals surface area (Å²) in [6.45, 7) is 0.412. The third kappa shape index (κ3) is 3.62. The maximum absolute atomic E-state index is 13.2. The molecule has 0 amide bonds. The van der Waals surface area contributed by atoms with Crippen LogP contribution in [0, 0.1) is 11.3 Å². The Morgan fingerprint density at radius 3 is 2.58 bits per heavy atom. The van der Waals surface area contributed by atoms with Crippen molar-refractivity contribution in [1.29, 1.82) is 5.26 Å². The molecule has 156 valence electrons. The van der Waals surface area contributed by atoms with Crippen LogP contribution in [-0.2, 0) is 13.0 Å². The van der Waals surface area contributed by atoms with Gasteiger partial charge in [-0.2, -0.15) is 10.4 Å². The summed E-state index contributed by atoms with van der Waals surface area (Å²) in [6, 6.07) is 15.1. The fourth-order valence-corrected chi connectivity index (χ4v) is 3.95. The molecule has 7 nitrogen and oxygen atoms in total. The van der Waals surface area contributed by atoms with Crippen LogP contribution in [0.1, 0.15) is 16.7 Å². The van der Waals surface area contributed by atoms with Gasteiger partial charge in [0.05, 0.1) is 48.0 Å². The van der Waals surface area contributed by atoms with Crippen molar-refractivity contribution < 1.29 is 9.47 Å². The normalized spacial score (nSPS) is 12.1. The Morgan fingerprint density at radius 1 is 1.19 bits per heavy atom. The number of nitriles is 1. The maximum Gasteiger partial charge on any atom is 0.261 e. The fraction of sp³-hybridized carbons (Fsp3) is 0.174. The predicted molar refractivity (Wildman–Crippen MR) is 120 cm³/mol. The number of ether oxygens (including phenoxy) is 2. The number of nitrogens with zero attached hydrogens (tertiary/aromatic N) is 3. The van der Waals surface area contributed by atoms with Crippen molar-refractivity contribution in [3.05, 3.63) is 74.5 Å². The number of halogens is 1. The number of anilines is 1. The number of aryl methyl sites for hydroxylation is 1. The van der Waals surface area contributed by atoms with Crippen LogP contribution >= 0.6 is 11.6 Å². The molecule has 0 radical (unpaired) electrons. The Kier molecular flexibility index (Phi) is 5.65. The number of nitrogens with one attached hydrogen (secondary N) is 1. The molecule has 0 saturated heterocycles. The molecule has 0 aliphatic carbocycles. The average Bonchev–Trinajstić information content (AvgIpc) is 2.81. The molecule has 4 rings (SSSR count). The van der Waals surface area contributed by atoms with Crippen molar-refractivity contribution in [1.82, 2.24) is 4.57 Å². The number of para-hydroxylation sites is 1. The topological polar surface area (TPSA) is 88.6 Å². The smallest absolute Gasteiger partial charge is 0.261 e. The first-order valence-electron chi connectivity index (χ1n) is 9.54. The van der Waals surface area contributed by atoms with Crippen molar-refractivity contribution in [3.8, 4) is 28.8 Å². The van der Waals surface area contributed by atoms with Gasteiger partial charge >= 0.3 is 0 Å². The molecule has 0 bridgehead atoms. The summed E-state index contributed by atoms with van der Waals surface area (Å²) >= 11 is 6.52. The second kappa shape index (κ2) is 8.54. The highest BCUT2D eigenvalue weighted by Crippen LogP contribution is 2.40. The minimum absolute atomic E-state index is 0.0694. The number of benzene rings is 2. The second-order valence-electron chi connectivity index (χ2n) is 6.87. The molecular weight excluding hydrogens is 416 g/mol. The Hall–Kier alpha value is -3.76. The molecule has 1 aliphatic heterocycles. The average molecular weight is 435 g/mol. The van der Waals surface area contributed by atoms with Crippen molar-refractivity contribution in [3.63, 3.8) is 0 Å². The minimum Gasteiger partial charge on any atom is -0.493 e. The fourth-order valence-electron chi connectivity index (χ4n) is 3.69. The lowest BCUT2D eigenvalue weighted by Gasteiger charge is -2.25. The van der Waals surface area contributed by atoms with Crippen molar-refractivity contribution >= 4 is 23.5 Å². The molecule has 1 aliphatic rings. The molecule has 0 atom stereocenters. The molecule has 8 heteroatoms. The highest BCUT2D eigenvalue weighted by molar-refractivity contribution is 6.34. The maximum atomic E-state index is 13.2. The van der Waals surface area contributed by atoms with E-state index in [2.05, 4.69) is 16.6 Å². The van der Waals surface area contributed by atoms with Crippen LogP contribution in [0.15, 0.2) is 52.4 Å². The molecule has 0 spiro atoms. The minimum atomic E-state index is -0.307. The number of hydrogen-bond donors (Lipinski definition) is 1. The molecule has 0 unspecified atom stereocenters. The summed E-state index contributed by atoms with van der Waals surface area (Å²) in [5, 5.41) is 14.1. The molecular formula is C23H19ClN4O3. The van der Waals surface area contributed by atoms with Crippen LogP contribution in [0.5, 0.6) is 11.5 Å². The Balaban J connectivity index is 1.85. The summed E-state index contributed by atoms with van der Waals surface area (Å²) in [4.78, 5) is 13.2. The van der Waals surface area contributed by atoms with E-state index >= 15 is 0 Å².